The summed E-state index contributed by atoms with van der Waals surface area (Å²) in [5.41, 5.74) is 2.98. The number of phenolic OH excluding ortho intramolecular Hbond substituents is 1. The van der Waals surface area contributed by atoms with Crippen molar-refractivity contribution in [1.29, 1.82) is 0 Å². The zero-order valence-corrected chi connectivity index (χ0v) is 12.0. The lowest BCUT2D eigenvalue weighted by atomic mass is 9.96. The first-order chi connectivity index (χ1) is 9.29. The average molecular weight is 294 g/mol. The molecule has 0 aliphatic heterocycles. The Kier molecular flexibility index (Phi) is 3.86. The molecule has 0 atom stereocenters. The summed E-state index contributed by atoms with van der Waals surface area (Å²) in [5, 5.41) is 9.95. The molecule has 2 rings (SSSR count). The molecule has 20 heavy (non-hydrogen) atoms. The Bertz CT molecular complexity index is 676. The molecule has 2 aromatic rings. The molecule has 0 saturated carbocycles. The van der Waals surface area contributed by atoms with Crippen LogP contribution in [0, 0.1) is 13.8 Å². The van der Waals surface area contributed by atoms with Crippen molar-refractivity contribution in [3.8, 4) is 22.6 Å². The molecular formula is C14H15O5P. The predicted molar refractivity (Wildman–Crippen MR) is 75.7 cm³/mol. The second-order valence-electron chi connectivity index (χ2n) is 4.47. The second kappa shape index (κ2) is 5.29. The molecule has 106 valence electrons. The third-order valence-electron chi connectivity index (χ3n) is 3.12. The van der Waals surface area contributed by atoms with Gasteiger partial charge in [-0.15, -0.1) is 0 Å². The van der Waals surface area contributed by atoms with Crippen LogP contribution >= 0.6 is 7.82 Å². The first kappa shape index (κ1) is 14.6. The molecule has 0 aromatic heterocycles. The lowest BCUT2D eigenvalue weighted by molar-refractivity contribution is 0.277. The Balaban J connectivity index is 2.58. The van der Waals surface area contributed by atoms with E-state index in [4.69, 9.17) is 9.79 Å². The number of rotatable bonds is 3. The van der Waals surface area contributed by atoms with Crippen LogP contribution < -0.4 is 4.52 Å². The summed E-state index contributed by atoms with van der Waals surface area (Å²) < 4.78 is 15.5. The van der Waals surface area contributed by atoms with E-state index in [1.807, 2.05) is 37.3 Å². The SMILES string of the molecule is Cc1c(-c2ccccc2)cc(O)c(OP(=O)(O)O)c1C. The summed E-state index contributed by atoms with van der Waals surface area (Å²) in [6.07, 6.45) is 0. The molecular weight excluding hydrogens is 279 g/mol. The zero-order valence-electron chi connectivity index (χ0n) is 11.1. The van der Waals surface area contributed by atoms with Gasteiger partial charge in [0.1, 0.15) is 0 Å². The van der Waals surface area contributed by atoms with Gasteiger partial charge in [0.2, 0.25) is 0 Å². The molecule has 6 heteroatoms. The van der Waals surface area contributed by atoms with Crippen LogP contribution in [0.15, 0.2) is 36.4 Å². The van der Waals surface area contributed by atoms with Crippen molar-refractivity contribution in [3.63, 3.8) is 0 Å². The van der Waals surface area contributed by atoms with E-state index >= 15 is 0 Å². The number of hydrogen-bond acceptors (Lipinski definition) is 3. The van der Waals surface area contributed by atoms with Crippen LogP contribution in [0.2, 0.25) is 0 Å². The highest BCUT2D eigenvalue weighted by Crippen LogP contribution is 2.46. The normalized spacial score (nSPS) is 11.4. The van der Waals surface area contributed by atoms with E-state index in [2.05, 4.69) is 4.52 Å². The molecule has 5 nitrogen and oxygen atoms in total. The Morgan fingerprint density at radius 2 is 1.65 bits per heavy atom. The Morgan fingerprint density at radius 1 is 1.05 bits per heavy atom. The minimum atomic E-state index is -4.71. The third kappa shape index (κ3) is 3.02. The molecule has 0 bridgehead atoms. The smallest absolute Gasteiger partial charge is 0.504 e. The van der Waals surface area contributed by atoms with Crippen LogP contribution in [-0.2, 0) is 4.57 Å². The van der Waals surface area contributed by atoms with E-state index in [9.17, 15) is 9.67 Å². The van der Waals surface area contributed by atoms with Gasteiger partial charge in [-0.2, -0.15) is 0 Å². The Hall–Kier alpha value is -1.81. The molecule has 0 heterocycles. The number of phosphoric acid groups is 1. The van der Waals surface area contributed by atoms with Crippen molar-refractivity contribution in [3.05, 3.63) is 47.5 Å². The van der Waals surface area contributed by atoms with Gasteiger partial charge >= 0.3 is 7.82 Å². The number of aromatic hydroxyl groups is 1. The van der Waals surface area contributed by atoms with Crippen LogP contribution in [0.3, 0.4) is 0 Å². The largest absolute Gasteiger partial charge is 0.524 e. The van der Waals surface area contributed by atoms with Crippen LogP contribution in [0.25, 0.3) is 11.1 Å². The van der Waals surface area contributed by atoms with Crippen molar-refractivity contribution in [2.75, 3.05) is 0 Å². The molecule has 2 aromatic carbocycles. The van der Waals surface area contributed by atoms with E-state index in [1.54, 1.807) is 6.92 Å². The highest BCUT2D eigenvalue weighted by Gasteiger charge is 2.22. The summed E-state index contributed by atoms with van der Waals surface area (Å²) in [5.74, 6) is -0.481. The first-order valence-electron chi connectivity index (χ1n) is 5.93. The first-order valence-corrected chi connectivity index (χ1v) is 7.46. The van der Waals surface area contributed by atoms with E-state index in [0.29, 0.717) is 5.56 Å². The van der Waals surface area contributed by atoms with Crippen molar-refractivity contribution in [2.24, 2.45) is 0 Å². The highest BCUT2D eigenvalue weighted by atomic mass is 31.2. The van der Waals surface area contributed by atoms with Gasteiger partial charge in [-0.3, -0.25) is 9.79 Å². The van der Waals surface area contributed by atoms with Crippen molar-refractivity contribution >= 4 is 7.82 Å². The molecule has 3 N–H and O–H groups in total. The summed E-state index contributed by atoms with van der Waals surface area (Å²) in [6, 6.07) is 10.9. The molecule has 0 fully saturated rings. The molecule has 0 saturated heterocycles. The van der Waals surface area contributed by atoms with Gasteiger partial charge in [0, 0.05) is 0 Å². The monoisotopic (exact) mass is 294 g/mol. The van der Waals surface area contributed by atoms with Gasteiger partial charge < -0.3 is 9.63 Å². The van der Waals surface area contributed by atoms with Gasteiger partial charge in [-0.25, -0.2) is 4.57 Å². The number of hydrogen-bond donors (Lipinski definition) is 3. The molecule has 0 aliphatic rings. The van der Waals surface area contributed by atoms with Gasteiger partial charge in [-0.05, 0) is 42.2 Å². The third-order valence-corrected chi connectivity index (χ3v) is 3.54. The van der Waals surface area contributed by atoms with Crippen LogP contribution in [0.4, 0.5) is 0 Å². The highest BCUT2D eigenvalue weighted by molar-refractivity contribution is 7.46. The lowest BCUT2D eigenvalue weighted by Crippen LogP contribution is -1.97. The van der Waals surface area contributed by atoms with Crippen LogP contribution in [0.5, 0.6) is 11.5 Å². The summed E-state index contributed by atoms with van der Waals surface area (Å²) in [6.45, 7) is 3.45. The molecule has 0 amide bonds. The van der Waals surface area contributed by atoms with Crippen LogP contribution in [-0.4, -0.2) is 14.9 Å². The second-order valence-corrected chi connectivity index (χ2v) is 5.63. The van der Waals surface area contributed by atoms with Crippen molar-refractivity contribution in [2.45, 2.75) is 13.8 Å². The standard InChI is InChI=1S/C14H15O5P/c1-9-10(2)14(19-20(16,17)18)13(15)8-12(9)11-6-4-3-5-7-11/h3-8,15H,1-2H3,(H2,16,17,18). The fourth-order valence-electron chi connectivity index (χ4n) is 2.03. The van der Waals surface area contributed by atoms with E-state index in [-0.39, 0.29) is 11.5 Å². The number of phosphoric ester groups is 1. The predicted octanol–water partition coefficient (Wildman–Crippen LogP) is 3.15. The maximum atomic E-state index is 10.9. The maximum Gasteiger partial charge on any atom is 0.524 e. The topological polar surface area (TPSA) is 87.0 Å². The number of phenols is 1. The number of benzene rings is 2. The molecule has 0 spiro atoms. The minimum Gasteiger partial charge on any atom is -0.504 e. The lowest BCUT2D eigenvalue weighted by Gasteiger charge is -2.16. The van der Waals surface area contributed by atoms with Gasteiger partial charge in [0.05, 0.1) is 0 Å². The molecule has 0 unspecified atom stereocenters. The van der Waals surface area contributed by atoms with Crippen molar-refractivity contribution in [1.82, 2.24) is 0 Å². The van der Waals surface area contributed by atoms with Crippen molar-refractivity contribution < 1.29 is 24.0 Å². The fourth-order valence-corrected chi connectivity index (χ4v) is 2.49. The minimum absolute atomic E-state index is 0.185. The summed E-state index contributed by atoms with van der Waals surface area (Å²) >= 11 is 0. The van der Waals surface area contributed by atoms with E-state index in [0.717, 1.165) is 16.7 Å². The Labute approximate surface area is 116 Å². The van der Waals surface area contributed by atoms with Gasteiger partial charge in [0.15, 0.2) is 11.5 Å². The van der Waals surface area contributed by atoms with Gasteiger partial charge in [0.25, 0.3) is 0 Å². The molecule has 0 radical (unpaired) electrons. The summed E-state index contributed by atoms with van der Waals surface area (Å²) in [7, 11) is -4.71. The zero-order chi connectivity index (χ0) is 14.9. The molecule has 0 aliphatic carbocycles. The summed E-state index contributed by atoms with van der Waals surface area (Å²) in [4.78, 5) is 17.7. The average Bonchev–Trinajstić information content (AvgIpc) is 2.39. The maximum absolute atomic E-state index is 10.9. The fraction of sp³-hybridized carbons (Fsp3) is 0.143. The van der Waals surface area contributed by atoms with E-state index < -0.39 is 7.82 Å². The van der Waals surface area contributed by atoms with Crippen LogP contribution in [0.1, 0.15) is 11.1 Å². The van der Waals surface area contributed by atoms with Gasteiger partial charge in [-0.1, -0.05) is 30.3 Å². The van der Waals surface area contributed by atoms with E-state index in [1.165, 1.54) is 6.07 Å². The Morgan fingerprint density at radius 3 is 2.20 bits per heavy atom. The quantitative estimate of drug-likeness (QED) is 0.757.